The summed E-state index contributed by atoms with van der Waals surface area (Å²) < 4.78 is 4.48. The van der Waals surface area contributed by atoms with Crippen molar-refractivity contribution in [1.29, 1.82) is 0 Å². The normalized spacial score (nSPS) is 13.4. The molecule has 0 unspecified atom stereocenters. The molecule has 0 radical (unpaired) electrons. The van der Waals surface area contributed by atoms with Gasteiger partial charge in [-0.3, -0.25) is 0 Å². The zero-order chi connectivity index (χ0) is 9.07. The summed E-state index contributed by atoms with van der Waals surface area (Å²) in [6, 6.07) is -0.688. The largest absolute Gasteiger partial charge is 0.463 e. The number of carbonyl (C=O) groups is 1. The molecule has 62 valence electrons. The van der Waals surface area contributed by atoms with Crippen molar-refractivity contribution in [2.75, 3.05) is 7.11 Å². The van der Waals surface area contributed by atoms with Crippen molar-refractivity contribution >= 4 is 5.97 Å². The molecule has 0 aliphatic rings. The number of methoxy groups -OCH3 is 1. The molecule has 0 rings (SSSR count). The predicted octanol–water partition coefficient (Wildman–Crippen LogP) is 1.49. The molecule has 0 bridgehead atoms. The van der Waals surface area contributed by atoms with Gasteiger partial charge in [0.15, 0.2) is 0 Å². The number of hydrogen-bond acceptors (Lipinski definition) is 2. The van der Waals surface area contributed by atoms with Gasteiger partial charge < -0.3 is 9.58 Å². The number of carbonyl (C=O) groups excluding carboxylic acids is 1. The van der Waals surface area contributed by atoms with Crippen LogP contribution in [-0.4, -0.2) is 19.1 Å². The Balaban J connectivity index is 4.45. The van der Waals surface area contributed by atoms with Crippen LogP contribution in [-0.2, 0) is 9.53 Å². The van der Waals surface area contributed by atoms with E-state index in [1.165, 1.54) is 7.11 Å². The molecule has 11 heavy (non-hydrogen) atoms. The molecule has 0 aliphatic heterocycles. The minimum atomic E-state index is -0.688. The summed E-state index contributed by atoms with van der Waals surface area (Å²) in [5.74, 6) is -0.451. The van der Waals surface area contributed by atoms with Crippen molar-refractivity contribution in [3.8, 4) is 0 Å². The molecule has 0 amide bonds. The van der Waals surface area contributed by atoms with Gasteiger partial charge in [-0.1, -0.05) is 20.8 Å². The van der Waals surface area contributed by atoms with Crippen molar-refractivity contribution in [3.05, 3.63) is 11.4 Å². The second-order valence-corrected chi connectivity index (χ2v) is 3.42. The van der Waals surface area contributed by atoms with Gasteiger partial charge in [0, 0.05) is 5.41 Å². The third-order valence-electron chi connectivity index (χ3n) is 1.37. The Morgan fingerprint density at radius 1 is 1.55 bits per heavy atom. The Labute approximate surface area is 67.2 Å². The van der Waals surface area contributed by atoms with Crippen LogP contribution in [0.25, 0.3) is 4.85 Å². The molecule has 0 aromatic rings. The van der Waals surface area contributed by atoms with E-state index in [1.54, 1.807) is 0 Å². The first-order valence-electron chi connectivity index (χ1n) is 3.38. The highest BCUT2D eigenvalue weighted by Gasteiger charge is 2.37. The molecule has 0 N–H and O–H groups in total. The highest BCUT2D eigenvalue weighted by Crippen LogP contribution is 2.22. The molecule has 0 heterocycles. The van der Waals surface area contributed by atoms with E-state index in [4.69, 9.17) is 6.57 Å². The second kappa shape index (κ2) is 3.38. The number of hydrogen-bond donors (Lipinski definition) is 0. The van der Waals surface area contributed by atoms with Crippen LogP contribution in [0, 0.1) is 12.0 Å². The summed E-state index contributed by atoms with van der Waals surface area (Å²) in [5, 5.41) is 0. The van der Waals surface area contributed by atoms with Gasteiger partial charge in [-0.2, -0.15) is 0 Å². The topological polar surface area (TPSA) is 30.7 Å². The van der Waals surface area contributed by atoms with Crippen LogP contribution in [0.3, 0.4) is 0 Å². The fourth-order valence-corrected chi connectivity index (χ4v) is 0.712. The van der Waals surface area contributed by atoms with E-state index in [0.717, 1.165) is 0 Å². The minimum Gasteiger partial charge on any atom is -0.463 e. The molecule has 3 heteroatoms. The minimum absolute atomic E-state index is 0.338. The number of nitrogens with zero attached hydrogens (tertiary/aromatic N) is 1. The Hall–Kier alpha value is -1.04. The molecule has 0 spiro atoms. The maximum Gasteiger partial charge on any atom is 0.390 e. The molecular weight excluding hydrogens is 142 g/mol. The zero-order valence-electron chi connectivity index (χ0n) is 7.34. The number of esters is 1. The van der Waals surface area contributed by atoms with Crippen molar-refractivity contribution in [3.63, 3.8) is 0 Å². The predicted molar refractivity (Wildman–Crippen MR) is 41.9 cm³/mol. The van der Waals surface area contributed by atoms with E-state index in [0.29, 0.717) is 0 Å². The van der Waals surface area contributed by atoms with Gasteiger partial charge in [0.2, 0.25) is 0 Å². The van der Waals surface area contributed by atoms with Gasteiger partial charge in [-0.05, 0) is 0 Å². The molecule has 0 saturated heterocycles. The first-order valence-corrected chi connectivity index (χ1v) is 3.38. The van der Waals surface area contributed by atoms with E-state index < -0.39 is 12.0 Å². The highest BCUT2D eigenvalue weighted by atomic mass is 16.5. The van der Waals surface area contributed by atoms with Crippen LogP contribution in [0.1, 0.15) is 20.8 Å². The molecule has 0 aromatic heterocycles. The van der Waals surface area contributed by atoms with Crippen LogP contribution in [0.15, 0.2) is 0 Å². The first kappa shape index (κ1) is 9.96. The molecule has 0 aliphatic carbocycles. The first-order chi connectivity index (χ1) is 4.93. The summed E-state index contributed by atoms with van der Waals surface area (Å²) in [5.41, 5.74) is -0.338. The maximum absolute atomic E-state index is 11.0. The fraction of sp³-hybridized carbons (Fsp3) is 0.750. The van der Waals surface area contributed by atoms with Gasteiger partial charge in [0.1, 0.15) is 0 Å². The number of ether oxygens (including phenoxy) is 1. The van der Waals surface area contributed by atoms with Crippen molar-refractivity contribution in [2.45, 2.75) is 26.8 Å². The average Bonchev–Trinajstić information content (AvgIpc) is 1.86. The van der Waals surface area contributed by atoms with E-state index in [2.05, 4.69) is 9.58 Å². The molecule has 0 aromatic carbocycles. The third-order valence-corrected chi connectivity index (χ3v) is 1.37. The maximum atomic E-state index is 11.0. The van der Waals surface area contributed by atoms with E-state index in [9.17, 15) is 4.79 Å². The van der Waals surface area contributed by atoms with Crippen LogP contribution in [0.2, 0.25) is 0 Å². The van der Waals surface area contributed by atoms with Gasteiger partial charge in [-0.15, -0.1) is 0 Å². The van der Waals surface area contributed by atoms with Crippen LogP contribution >= 0.6 is 0 Å². The van der Waals surface area contributed by atoms with Crippen LogP contribution in [0.4, 0.5) is 0 Å². The van der Waals surface area contributed by atoms with Gasteiger partial charge in [-0.25, -0.2) is 11.4 Å². The Bertz CT molecular complexity index is 185. The zero-order valence-corrected chi connectivity index (χ0v) is 7.34. The molecular formula is C8H13NO2. The highest BCUT2D eigenvalue weighted by molar-refractivity contribution is 5.78. The van der Waals surface area contributed by atoms with Gasteiger partial charge in [0.25, 0.3) is 0 Å². The summed E-state index contributed by atoms with van der Waals surface area (Å²) in [6.07, 6.45) is 0. The van der Waals surface area contributed by atoms with Gasteiger partial charge >= 0.3 is 12.0 Å². The molecule has 1 atom stereocenters. The van der Waals surface area contributed by atoms with Crippen molar-refractivity contribution in [2.24, 2.45) is 5.41 Å². The Morgan fingerprint density at radius 2 is 2.00 bits per heavy atom. The average molecular weight is 155 g/mol. The SMILES string of the molecule is [C-]#[N+][C@H](C(=O)OC)C(C)(C)C. The molecule has 0 saturated carbocycles. The van der Waals surface area contributed by atoms with Crippen LogP contribution < -0.4 is 0 Å². The summed E-state index contributed by atoms with van der Waals surface area (Å²) in [7, 11) is 1.30. The fourth-order valence-electron chi connectivity index (χ4n) is 0.712. The van der Waals surface area contributed by atoms with Gasteiger partial charge in [0.05, 0.1) is 7.11 Å². The lowest BCUT2D eigenvalue weighted by atomic mass is 9.87. The quantitative estimate of drug-likeness (QED) is 0.424. The van der Waals surface area contributed by atoms with E-state index in [-0.39, 0.29) is 5.41 Å². The van der Waals surface area contributed by atoms with E-state index >= 15 is 0 Å². The summed E-state index contributed by atoms with van der Waals surface area (Å²) in [6.45, 7) is 12.3. The standard InChI is InChI=1S/C8H13NO2/c1-8(2,3)6(9-4)7(10)11-5/h6H,1-3,5H3/t6-/m1/s1. The Kier molecular flexibility index (Phi) is 3.06. The summed E-state index contributed by atoms with van der Waals surface area (Å²) >= 11 is 0. The lowest BCUT2D eigenvalue weighted by Crippen LogP contribution is -2.32. The monoisotopic (exact) mass is 155 g/mol. The van der Waals surface area contributed by atoms with Crippen LogP contribution in [0.5, 0.6) is 0 Å². The van der Waals surface area contributed by atoms with Crippen molar-refractivity contribution < 1.29 is 9.53 Å². The Morgan fingerprint density at radius 3 is 2.09 bits per heavy atom. The van der Waals surface area contributed by atoms with Crippen molar-refractivity contribution in [1.82, 2.24) is 0 Å². The lowest BCUT2D eigenvalue weighted by molar-refractivity contribution is -0.143. The number of rotatable bonds is 1. The second-order valence-electron chi connectivity index (χ2n) is 3.42. The summed E-state index contributed by atoms with van der Waals surface area (Å²) in [4.78, 5) is 14.2. The lowest BCUT2D eigenvalue weighted by Gasteiger charge is -2.17. The van der Waals surface area contributed by atoms with E-state index in [1.807, 2.05) is 20.8 Å². The smallest absolute Gasteiger partial charge is 0.390 e. The molecule has 3 nitrogen and oxygen atoms in total. The molecule has 0 fully saturated rings. The third kappa shape index (κ3) is 2.58.